The summed E-state index contributed by atoms with van der Waals surface area (Å²) in [5, 5.41) is 5.20. The van der Waals surface area contributed by atoms with E-state index in [1.54, 1.807) is 12.5 Å². The van der Waals surface area contributed by atoms with Crippen LogP contribution in [0, 0.1) is 5.92 Å². The van der Waals surface area contributed by atoms with Crippen molar-refractivity contribution in [2.75, 3.05) is 6.54 Å². The first-order chi connectivity index (χ1) is 7.42. The normalized spacial score (nSPS) is 25.3. The topological polar surface area (TPSA) is 37.5 Å². The molecule has 1 N–H and O–H groups in total. The van der Waals surface area contributed by atoms with Crippen molar-refractivity contribution in [3.63, 3.8) is 0 Å². The quantitative estimate of drug-likeness (QED) is 0.852. The van der Waals surface area contributed by atoms with Gasteiger partial charge in [-0.25, -0.2) is 0 Å². The second-order valence-corrected chi connectivity index (χ2v) is 5.35. The zero-order valence-electron chi connectivity index (χ0n) is 8.48. The van der Waals surface area contributed by atoms with Gasteiger partial charge in [0.05, 0.1) is 19.1 Å². The molecule has 0 aromatic carbocycles. The minimum atomic E-state index is 0.747. The van der Waals surface area contributed by atoms with E-state index in [9.17, 15) is 0 Å². The smallest absolute Gasteiger partial charge is 0.157 e. The molecule has 0 spiro atoms. The number of hydrogen-bond donors (Lipinski definition) is 1. The molecule has 1 saturated carbocycles. The molecule has 2 heterocycles. The van der Waals surface area contributed by atoms with Gasteiger partial charge in [-0.1, -0.05) is 11.8 Å². The maximum atomic E-state index is 5.01. The van der Waals surface area contributed by atoms with E-state index < -0.39 is 0 Å². The number of nitrogens with zero attached hydrogens (tertiary/aromatic N) is 1. The Morgan fingerprint density at radius 3 is 3.20 bits per heavy atom. The van der Waals surface area contributed by atoms with E-state index in [-0.39, 0.29) is 0 Å². The van der Waals surface area contributed by atoms with Gasteiger partial charge in [0.2, 0.25) is 0 Å². The molecule has 0 radical (unpaired) electrons. The summed E-state index contributed by atoms with van der Waals surface area (Å²) in [7, 11) is 0. The molecule has 1 unspecified atom stereocenters. The molecule has 1 aliphatic heterocycles. The minimum Gasteiger partial charge on any atom is -0.472 e. The largest absolute Gasteiger partial charge is 0.472 e. The third-order valence-corrected chi connectivity index (χ3v) is 4.18. The van der Waals surface area contributed by atoms with Gasteiger partial charge in [0.25, 0.3) is 0 Å². The lowest BCUT2D eigenvalue weighted by Crippen LogP contribution is -2.18. The predicted octanol–water partition coefficient (Wildman–Crippen LogP) is 2.25. The van der Waals surface area contributed by atoms with Crippen LogP contribution in [0.15, 0.2) is 28.0 Å². The van der Waals surface area contributed by atoms with Crippen LogP contribution < -0.4 is 5.32 Å². The average molecular weight is 222 g/mol. The van der Waals surface area contributed by atoms with Gasteiger partial charge in [0.15, 0.2) is 5.17 Å². The molecule has 3 rings (SSSR count). The predicted molar refractivity (Wildman–Crippen MR) is 62.0 cm³/mol. The van der Waals surface area contributed by atoms with E-state index >= 15 is 0 Å². The van der Waals surface area contributed by atoms with Crippen LogP contribution in [0.5, 0.6) is 0 Å². The molecule has 1 aromatic rings. The van der Waals surface area contributed by atoms with Crippen LogP contribution in [0.4, 0.5) is 0 Å². The molecule has 1 atom stereocenters. The molecular formula is C11H14N2OS. The molecule has 1 fully saturated rings. The van der Waals surface area contributed by atoms with Crippen molar-refractivity contribution < 1.29 is 4.42 Å². The Bertz CT molecular complexity index is 357. The molecule has 0 saturated heterocycles. The van der Waals surface area contributed by atoms with Gasteiger partial charge < -0.3 is 9.73 Å². The molecule has 3 nitrogen and oxygen atoms in total. The monoisotopic (exact) mass is 222 g/mol. The summed E-state index contributed by atoms with van der Waals surface area (Å²) < 4.78 is 5.01. The van der Waals surface area contributed by atoms with Crippen molar-refractivity contribution in [1.29, 1.82) is 0 Å². The first-order valence-electron chi connectivity index (χ1n) is 5.38. The summed E-state index contributed by atoms with van der Waals surface area (Å²) in [6.07, 6.45) is 6.28. The minimum absolute atomic E-state index is 0.747. The highest BCUT2D eigenvalue weighted by atomic mass is 32.2. The highest BCUT2D eigenvalue weighted by Gasteiger charge is 2.35. The van der Waals surface area contributed by atoms with Crippen LogP contribution in [0.1, 0.15) is 18.4 Å². The molecule has 0 bridgehead atoms. The van der Waals surface area contributed by atoms with Crippen molar-refractivity contribution >= 4 is 16.9 Å². The van der Waals surface area contributed by atoms with Gasteiger partial charge in [0, 0.05) is 17.4 Å². The maximum Gasteiger partial charge on any atom is 0.157 e. The fourth-order valence-corrected chi connectivity index (χ4v) is 2.98. The third-order valence-electron chi connectivity index (χ3n) is 2.85. The fourth-order valence-electron chi connectivity index (χ4n) is 1.77. The first-order valence-corrected chi connectivity index (χ1v) is 6.26. The zero-order valence-corrected chi connectivity index (χ0v) is 9.30. The van der Waals surface area contributed by atoms with E-state index in [1.165, 1.54) is 18.4 Å². The number of nitrogens with one attached hydrogen (secondary N) is 1. The summed E-state index contributed by atoms with van der Waals surface area (Å²) in [6.45, 7) is 1.82. The number of thioether (sulfide) groups is 1. The lowest BCUT2D eigenvalue weighted by atomic mass is 10.3. The lowest BCUT2D eigenvalue weighted by Gasteiger charge is -2.06. The summed E-state index contributed by atoms with van der Waals surface area (Å²) in [5.74, 6) is 0.937. The maximum absolute atomic E-state index is 5.01. The van der Waals surface area contributed by atoms with Crippen molar-refractivity contribution in [2.45, 2.75) is 24.6 Å². The van der Waals surface area contributed by atoms with Crippen LogP contribution in [0.25, 0.3) is 0 Å². The van der Waals surface area contributed by atoms with E-state index in [4.69, 9.17) is 4.42 Å². The van der Waals surface area contributed by atoms with Gasteiger partial charge in [0.1, 0.15) is 0 Å². The van der Waals surface area contributed by atoms with E-state index in [2.05, 4.69) is 10.3 Å². The van der Waals surface area contributed by atoms with Crippen LogP contribution in [-0.2, 0) is 6.54 Å². The Hall–Kier alpha value is -0.900. The number of rotatable bonds is 3. The first kappa shape index (κ1) is 9.33. The van der Waals surface area contributed by atoms with E-state index in [1.807, 2.05) is 17.8 Å². The van der Waals surface area contributed by atoms with E-state index in [0.29, 0.717) is 0 Å². The Kier molecular flexibility index (Phi) is 2.44. The summed E-state index contributed by atoms with van der Waals surface area (Å²) in [6, 6.07) is 1.98. The number of amidine groups is 1. The molecule has 15 heavy (non-hydrogen) atoms. The summed E-state index contributed by atoms with van der Waals surface area (Å²) >= 11 is 1.91. The summed E-state index contributed by atoms with van der Waals surface area (Å²) in [4.78, 5) is 4.52. The highest BCUT2D eigenvalue weighted by molar-refractivity contribution is 8.14. The van der Waals surface area contributed by atoms with Gasteiger partial charge in [-0.05, 0) is 24.8 Å². The van der Waals surface area contributed by atoms with Gasteiger partial charge in [-0.2, -0.15) is 0 Å². The van der Waals surface area contributed by atoms with Crippen molar-refractivity contribution in [1.82, 2.24) is 5.32 Å². The van der Waals surface area contributed by atoms with E-state index in [0.717, 1.165) is 29.4 Å². The number of aliphatic imine (C=N–C) groups is 1. The molecule has 1 aliphatic carbocycles. The molecular weight excluding hydrogens is 208 g/mol. The second kappa shape index (κ2) is 3.93. The van der Waals surface area contributed by atoms with Crippen LogP contribution in [-0.4, -0.2) is 17.0 Å². The number of hydrogen-bond acceptors (Lipinski definition) is 4. The zero-order chi connectivity index (χ0) is 10.1. The highest BCUT2D eigenvalue weighted by Crippen LogP contribution is 2.41. The molecule has 80 valence electrons. The molecule has 0 amide bonds. The van der Waals surface area contributed by atoms with Crippen LogP contribution >= 0.6 is 11.8 Å². The van der Waals surface area contributed by atoms with Crippen molar-refractivity contribution in [3.05, 3.63) is 24.2 Å². The Balaban J connectivity index is 1.48. The summed E-state index contributed by atoms with van der Waals surface area (Å²) in [5.41, 5.74) is 1.17. The SMILES string of the molecule is c1cc(CNC2=NCC(C3CC3)S2)co1. The Morgan fingerprint density at radius 2 is 2.47 bits per heavy atom. The third kappa shape index (κ3) is 2.20. The Morgan fingerprint density at radius 1 is 1.53 bits per heavy atom. The van der Waals surface area contributed by atoms with Gasteiger partial charge in [-0.3, -0.25) is 4.99 Å². The number of furan rings is 1. The van der Waals surface area contributed by atoms with Crippen molar-refractivity contribution in [3.8, 4) is 0 Å². The van der Waals surface area contributed by atoms with Crippen LogP contribution in [0.3, 0.4) is 0 Å². The van der Waals surface area contributed by atoms with Crippen LogP contribution in [0.2, 0.25) is 0 Å². The molecule has 4 heteroatoms. The molecule has 1 aromatic heterocycles. The Labute approximate surface area is 93.3 Å². The van der Waals surface area contributed by atoms with Crippen molar-refractivity contribution in [2.24, 2.45) is 10.9 Å². The molecule has 2 aliphatic rings. The van der Waals surface area contributed by atoms with Gasteiger partial charge >= 0.3 is 0 Å². The fraction of sp³-hybridized carbons (Fsp3) is 0.545. The lowest BCUT2D eigenvalue weighted by molar-refractivity contribution is 0.563. The van der Waals surface area contributed by atoms with Gasteiger partial charge in [-0.15, -0.1) is 0 Å². The standard InChI is InChI=1S/C11H14N2OS/c1-2-9(1)10-6-13-11(15-10)12-5-8-3-4-14-7-8/h3-4,7,9-10H,1-2,5-6H2,(H,12,13). The average Bonchev–Trinajstić information content (AvgIpc) is 2.82. The second-order valence-electron chi connectivity index (χ2n) is 4.12.